The van der Waals surface area contributed by atoms with Crippen LogP contribution in [-0.2, 0) is 6.42 Å². The summed E-state index contributed by atoms with van der Waals surface area (Å²) in [7, 11) is 0. The highest BCUT2D eigenvalue weighted by molar-refractivity contribution is 5.90. The zero-order chi connectivity index (χ0) is 16.4. The van der Waals surface area contributed by atoms with Crippen LogP contribution in [0, 0.1) is 13.8 Å². The smallest absolute Gasteiger partial charge is 0.0662 e. The van der Waals surface area contributed by atoms with Crippen LogP contribution in [0.2, 0.25) is 0 Å². The Kier molecular flexibility index (Phi) is 4.58. The van der Waals surface area contributed by atoms with Crippen molar-refractivity contribution < 1.29 is 0 Å². The summed E-state index contributed by atoms with van der Waals surface area (Å²) in [5, 5.41) is 1.31. The second-order valence-corrected chi connectivity index (χ2v) is 6.26. The van der Waals surface area contributed by atoms with Crippen molar-refractivity contribution in [2.45, 2.75) is 34.1 Å². The summed E-state index contributed by atoms with van der Waals surface area (Å²) < 4.78 is 0. The number of aryl methyl sites for hydroxylation is 1. The van der Waals surface area contributed by atoms with Crippen LogP contribution in [0.25, 0.3) is 22.3 Å². The van der Waals surface area contributed by atoms with Crippen molar-refractivity contribution in [3.05, 3.63) is 47.2 Å². The zero-order valence-electron chi connectivity index (χ0n) is 14.7. The van der Waals surface area contributed by atoms with Gasteiger partial charge in [0.1, 0.15) is 0 Å². The molecule has 0 bridgehead atoms. The molecule has 23 heavy (non-hydrogen) atoms. The molecule has 0 aliphatic heterocycles. The second kappa shape index (κ2) is 6.63. The first-order chi connectivity index (χ1) is 11.2. The number of para-hydroxylation sites is 1. The van der Waals surface area contributed by atoms with Gasteiger partial charge < -0.3 is 14.9 Å². The predicted octanol–water partition coefficient (Wildman–Crippen LogP) is 4.66. The Bertz CT molecular complexity index is 790. The molecule has 122 valence electrons. The van der Waals surface area contributed by atoms with E-state index in [2.05, 4.69) is 73.0 Å². The Morgan fingerprint density at radius 3 is 2.39 bits per heavy atom. The first-order valence-electron chi connectivity index (χ1n) is 8.62. The molecule has 0 fully saturated rings. The summed E-state index contributed by atoms with van der Waals surface area (Å²) in [6.45, 7) is 12.2. The van der Waals surface area contributed by atoms with Crippen molar-refractivity contribution in [1.82, 2.24) is 14.9 Å². The summed E-state index contributed by atoms with van der Waals surface area (Å²) >= 11 is 0. The molecule has 0 saturated carbocycles. The highest BCUT2D eigenvalue weighted by Crippen LogP contribution is 2.31. The normalized spacial score (nSPS) is 11.7. The molecule has 0 aliphatic carbocycles. The summed E-state index contributed by atoms with van der Waals surface area (Å²) in [5.41, 5.74) is 7.77. The fourth-order valence-electron chi connectivity index (χ4n) is 3.41. The maximum absolute atomic E-state index is 3.58. The number of hydrogen-bond acceptors (Lipinski definition) is 1. The standard InChI is InChI=1S/C20H27N3/c1-5-23(6-2)12-11-16-13-21-19(14(16)3)20-15(4)17-9-7-8-10-18(17)22-20/h7-10,13,21-22H,5-6,11-12H2,1-4H3. The molecule has 2 heterocycles. The third kappa shape index (κ3) is 2.93. The average Bonchev–Trinajstić information content (AvgIpc) is 3.09. The molecule has 2 aromatic heterocycles. The van der Waals surface area contributed by atoms with Crippen LogP contribution in [0.4, 0.5) is 0 Å². The van der Waals surface area contributed by atoms with Gasteiger partial charge in [0, 0.05) is 23.6 Å². The van der Waals surface area contributed by atoms with Gasteiger partial charge in [-0.2, -0.15) is 0 Å². The number of aromatic amines is 2. The van der Waals surface area contributed by atoms with E-state index in [-0.39, 0.29) is 0 Å². The minimum Gasteiger partial charge on any atom is -0.359 e. The lowest BCUT2D eigenvalue weighted by atomic mass is 10.1. The maximum Gasteiger partial charge on any atom is 0.0662 e. The van der Waals surface area contributed by atoms with Crippen LogP contribution in [0.15, 0.2) is 30.5 Å². The van der Waals surface area contributed by atoms with Crippen molar-refractivity contribution in [1.29, 1.82) is 0 Å². The molecule has 0 unspecified atom stereocenters. The van der Waals surface area contributed by atoms with Gasteiger partial charge in [0.25, 0.3) is 0 Å². The molecular weight excluding hydrogens is 282 g/mol. The highest BCUT2D eigenvalue weighted by atomic mass is 15.1. The van der Waals surface area contributed by atoms with Gasteiger partial charge in [0.15, 0.2) is 0 Å². The van der Waals surface area contributed by atoms with Crippen LogP contribution in [0.3, 0.4) is 0 Å². The summed E-state index contributed by atoms with van der Waals surface area (Å²) in [6, 6.07) is 8.51. The van der Waals surface area contributed by atoms with Gasteiger partial charge in [-0.3, -0.25) is 0 Å². The van der Waals surface area contributed by atoms with Gasteiger partial charge in [-0.1, -0.05) is 32.0 Å². The van der Waals surface area contributed by atoms with Crippen LogP contribution in [-0.4, -0.2) is 34.5 Å². The number of aromatic nitrogens is 2. The second-order valence-electron chi connectivity index (χ2n) is 6.26. The molecule has 0 amide bonds. The Hall–Kier alpha value is -2.00. The molecule has 0 saturated heterocycles. The van der Waals surface area contributed by atoms with Crippen molar-refractivity contribution in [3.63, 3.8) is 0 Å². The predicted molar refractivity (Wildman–Crippen MR) is 99.1 cm³/mol. The van der Waals surface area contributed by atoms with Crippen LogP contribution < -0.4 is 0 Å². The van der Waals surface area contributed by atoms with E-state index >= 15 is 0 Å². The molecule has 0 radical (unpaired) electrons. The van der Waals surface area contributed by atoms with E-state index in [4.69, 9.17) is 0 Å². The molecule has 3 aromatic rings. The fourth-order valence-corrected chi connectivity index (χ4v) is 3.41. The van der Waals surface area contributed by atoms with Crippen molar-refractivity contribution in [2.24, 2.45) is 0 Å². The number of benzene rings is 1. The molecule has 0 atom stereocenters. The number of hydrogen-bond donors (Lipinski definition) is 2. The lowest BCUT2D eigenvalue weighted by molar-refractivity contribution is 0.308. The molecule has 2 N–H and O–H groups in total. The van der Waals surface area contributed by atoms with E-state index in [1.807, 2.05) is 0 Å². The minimum atomic E-state index is 1.10. The molecule has 1 aromatic carbocycles. The van der Waals surface area contributed by atoms with E-state index in [1.165, 1.54) is 39.0 Å². The van der Waals surface area contributed by atoms with E-state index < -0.39 is 0 Å². The van der Waals surface area contributed by atoms with Crippen molar-refractivity contribution >= 4 is 10.9 Å². The van der Waals surface area contributed by atoms with E-state index in [9.17, 15) is 0 Å². The highest BCUT2D eigenvalue weighted by Gasteiger charge is 2.15. The number of nitrogens with one attached hydrogen (secondary N) is 2. The lowest BCUT2D eigenvalue weighted by Crippen LogP contribution is -2.25. The van der Waals surface area contributed by atoms with Crippen LogP contribution in [0.1, 0.15) is 30.5 Å². The van der Waals surface area contributed by atoms with Gasteiger partial charge in [0.2, 0.25) is 0 Å². The molecule has 3 rings (SSSR count). The van der Waals surface area contributed by atoms with Crippen molar-refractivity contribution in [3.8, 4) is 11.4 Å². The summed E-state index contributed by atoms with van der Waals surface area (Å²) in [6.07, 6.45) is 3.28. The number of nitrogens with zero attached hydrogens (tertiary/aromatic N) is 1. The largest absolute Gasteiger partial charge is 0.359 e. The quantitative estimate of drug-likeness (QED) is 0.682. The number of likely N-dealkylation sites (N-methyl/N-ethyl adjacent to an activating group) is 1. The van der Waals surface area contributed by atoms with Crippen LogP contribution >= 0.6 is 0 Å². The van der Waals surface area contributed by atoms with Gasteiger partial charge in [-0.25, -0.2) is 0 Å². The molecule has 0 aliphatic rings. The Morgan fingerprint density at radius 1 is 0.957 bits per heavy atom. The first-order valence-corrected chi connectivity index (χ1v) is 8.62. The molecule has 3 nitrogen and oxygen atoms in total. The SMILES string of the molecule is CCN(CC)CCc1c[nH]c(-c2[nH]c3ccccc3c2C)c1C. The van der Waals surface area contributed by atoms with Crippen molar-refractivity contribution in [2.75, 3.05) is 19.6 Å². The first kappa shape index (κ1) is 15.9. The third-order valence-electron chi connectivity index (χ3n) is 5.05. The minimum absolute atomic E-state index is 1.10. The third-order valence-corrected chi connectivity index (χ3v) is 5.05. The maximum atomic E-state index is 3.58. The fraction of sp³-hybridized carbons (Fsp3) is 0.400. The monoisotopic (exact) mass is 309 g/mol. The molecular formula is C20H27N3. The Balaban J connectivity index is 1.90. The number of rotatable bonds is 6. The van der Waals surface area contributed by atoms with Crippen LogP contribution in [0.5, 0.6) is 0 Å². The average molecular weight is 309 g/mol. The van der Waals surface area contributed by atoms with E-state index in [0.29, 0.717) is 0 Å². The van der Waals surface area contributed by atoms with E-state index in [1.54, 1.807) is 0 Å². The van der Waals surface area contributed by atoms with E-state index in [0.717, 1.165) is 26.1 Å². The number of H-pyrrole nitrogens is 2. The zero-order valence-corrected chi connectivity index (χ0v) is 14.7. The Labute approximate surface area is 138 Å². The molecule has 0 spiro atoms. The van der Waals surface area contributed by atoms with Gasteiger partial charge in [-0.15, -0.1) is 0 Å². The lowest BCUT2D eigenvalue weighted by Gasteiger charge is -2.17. The number of fused-ring (bicyclic) bond motifs is 1. The van der Waals surface area contributed by atoms with Gasteiger partial charge >= 0.3 is 0 Å². The molecule has 3 heteroatoms. The topological polar surface area (TPSA) is 34.8 Å². The van der Waals surface area contributed by atoms with Gasteiger partial charge in [-0.05, 0) is 56.1 Å². The summed E-state index contributed by atoms with van der Waals surface area (Å²) in [5.74, 6) is 0. The van der Waals surface area contributed by atoms with Gasteiger partial charge in [0.05, 0.1) is 11.4 Å². The summed E-state index contributed by atoms with van der Waals surface area (Å²) in [4.78, 5) is 9.55. The Morgan fingerprint density at radius 2 is 1.70 bits per heavy atom.